The van der Waals surface area contributed by atoms with E-state index in [1.165, 1.54) is 29.5 Å². The summed E-state index contributed by atoms with van der Waals surface area (Å²) in [4.78, 5) is 11.7. The number of ether oxygens (including phenoxy) is 1. The van der Waals surface area contributed by atoms with Gasteiger partial charge in [0.25, 0.3) is 0 Å². The van der Waals surface area contributed by atoms with Gasteiger partial charge < -0.3 is 4.74 Å². The van der Waals surface area contributed by atoms with Crippen LogP contribution in [0.3, 0.4) is 0 Å². The lowest BCUT2D eigenvalue weighted by Gasteiger charge is -2.07. The van der Waals surface area contributed by atoms with Crippen LogP contribution in [0, 0.1) is 5.82 Å². The summed E-state index contributed by atoms with van der Waals surface area (Å²) in [6.45, 7) is 0.248. The van der Waals surface area contributed by atoms with Crippen LogP contribution in [-0.4, -0.2) is 6.29 Å². The summed E-state index contributed by atoms with van der Waals surface area (Å²) < 4.78 is 19.8. The summed E-state index contributed by atoms with van der Waals surface area (Å²) in [6, 6.07) is 6.17. The summed E-state index contributed by atoms with van der Waals surface area (Å²) in [5.74, 6) is -0.516. The number of thiophene rings is 1. The number of carbonyl (C=O) groups excluding carboxylic acids is 1. The van der Waals surface area contributed by atoms with Gasteiger partial charge >= 0.3 is 0 Å². The van der Waals surface area contributed by atoms with Crippen molar-refractivity contribution in [2.45, 2.75) is 6.61 Å². The summed E-state index contributed by atoms with van der Waals surface area (Å²) in [6.07, 6.45) is 0.586. The lowest BCUT2D eigenvalue weighted by Crippen LogP contribution is -1.99. The molecular weight excluding hydrogens is 307 g/mol. The molecule has 0 atom stereocenters. The smallest absolute Gasteiger partial charge is 0.165 e. The molecule has 0 fully saturated rings. The third-order valence-electron chi connectivity index (χ3n) is 2.10. The van der Waals surface area contributed by atoms with E-state index < -0.39 is 5.82 Å². The van der Waals surface area contributed by atoms with Gasteiger partial charge in [0.05, 0.1) is 5.56 Å². The maximum absolute atomic E-state index is 13.5. The Hall–Kier alpha value is -1.20. The van der Waals surface area contributed by atoms with Gasteiger partial charge in [-0.1, -0.05) is 6.07 Å². The zero-order valence-corrected chi connectivity index (χ0v) is 11.1. The molecule has 5 heteroatoms. The van der Waals surface area contributed by atoms with Gasteiger partial charge in [0, 0.05) is 14.7 Å². The van der Waals surface area contributed by atoms with Crippen molar-refractivity contribution in [3.8, 4) is 5.75 Å². The largest absolute Gasteiger partial charge is 0.484 e. The summed E-state index contributed by atoms with van der Waals surface area (Å²) in [7, 11) is 0. The molecule has 0 radical (unpaired) electrons. The Kier molecular flexibility index (Phi) is 3.91. The monoisotopic (exact) mass is 314 g/mol. The maximum atomic E-state index is 13.5. The predicted octanol–water partition coefficient (Wildman–Crippen LogP) is 4.04. The van der Waals surface area contributed by atoms with E-state index >= 15 is 0 Å². The fourth-order valence-corrected chi connectivity index (χ4v) is 2.71. The first-order valence-electron chi connectivity index (χ1n) is 4.80. The zero-order chi connectivity index (χ0) is 12.3. The van der Waals surface area contributed by atoms with Crippen molar-refractivity contribution in [1.29, 1.82) is 0 Å². The number of carbonyl (C=O) groups is 1. The molecule has 0 saturated heterocycles. The molecule has 0 aliphatic heterocycles. The Morgan fingerprint density at radius 1 is 1.47 bits per heavy atom. The van der Waals surface area contributed by atoms with Crippen LogP contribution in [0.2, 0.25) is 0 Å². The van der Waals surface area contributed by atoms with E-state index in [0.717, 1.165) is 9.35 Å². The molecule has 1 heterocycles. The Bertz CT molecular complexity index is 539. The number of rotatable bonds is 4. The maximum Gasteiger partial charge on any atom is 0.165 e. The molecule has 1 aromatic heterocycles. The van der Waals surface area contributed by atoms with Crippen LogP contribution in [0.15, 0.2) is 34.1 Å². The van der Waals surface area contributed by atoms with E-state index in [1.54, 1.807) is 0 Å². The Morgan fingerprint density at radius 2 is 2.29 bits per heavy atom. The van der Waals surface area contributed by atoms with E-state index in [1.807, 2.05) is 11.4 Å². The van der Waals surface area contributed by atoms with Crippen LogP contribution in [0.1, 0.15) is 15.2 Å². The number of para-hydroxylation sites is 1. The van der Waals surface area contributed by atoms with Crippen molar-refractivity contribution in [1.82, 2.24) is 0 Å². The Morgan fingerprint density at radius 3 is 2.94 bits per heavy atom. The molecule has 0 saturated carbocycles. The van der Waals surface area contributed by atoms with Crippen LogP contribution in [0.25, 0.3) is 0 Å². The zero-order valence-electron chi connectivity index (χ0n) is 8.65. The molecule has 2 rings (SSSR count). The lowest BCUT2D eigenvalue weighted by atomic mass is 10.2. The minimum atomic E-state index is -0.523. The minimum Gasteiger partial charge on any atom is -0.484 e. The highest BCUT2D eigenvalue weighted by atomic mass is 79.9. The number of halogens is 2. The van der Waals surface area contributed by atoms with Gasteiger partial charge in [-0.3, -0.25) is 4.79 Å². The van der Waals surface area contributed by atoms with Gasteiger partial charge in [-0.25, -0.2) is 4.39 Å². The van der Waals surface area contributed by atoms with E-state index in [2.05, 4.69) is 15.9 Å². The number of benzene rings is 1. The second kappa shape index (κ2) is 5.42. The highest BCUT2D eigenvalue weighted by Gasteiger charge is 2.09. The molecular formula is C12H8BrFO2S. The van der Waals surface area contributed by atoms with Crippen molar-refractivity contribution >= 4 is 33.6 Å². The second-order valence-electron chi connectivity index (χ2n) is 3.30. The predicted molar refractivity (Wildman–Crippen MR) is 68.1 cm³/mol. The molecule has 0 spiro atoms. The minimum absolute atomic E-state index is 0.00650. The first-order chi connectivity index (χ1) is 8.20. The third kappa shape index (κ3) is 2.92. The molecule has 0 bridgehead atoms. The molecule has 0 N–H and O–H groups in total. The second-order valence-corrected chi connectivity index (χ2v) is 5.21. The first kappa shape index (κ1) is 12.3. The summed E-state index contributed by atoms with van der Waals surface area (Å²) in [5, 5.41) is 1.92. The van der Waals surface area contributed by atoms with Gasteiger partial charge in [0.1, 0.15) is 6.61 Å². The molecule has 1 aromatic carbocycles. The van der Waals surface area contributed by atoms with Crippen molar-refractivity contribution < 1.29 is 13.9 Å². The molecule has 0 aliphatic rings. The Labute approximate surface area is 110 Å². The van der Waals surface area contributed by atoms with Crippen LogP contribution >= 0.6 is 27.3 Å². The van der Waals surface area contributed by atoms with Crippen molar-refractivity contribution in [2.24, 2.45) is 0 Å². The first-order valence-corrected chi connectivity index (χ1v) is 6.47. The fourth-order valence-electron chi connectivity index (χ4n) is 1.34. The van der Waals surface area contributed by atoms with Gasteiger partial charge in [-0.15, -0.1) is 11.3 Å². The summed E-state index contributed by atoms with van der Waals surface area (Å²) in [5.41, 5.74) is 0.223. The standard InChI is InChI=1S/C12H8BrFO2S/c13-9-4-10(17-7-9)6-16-12-8(5-15)2-1-3-11(12)14/h1-5,7H,6H2. The SMILES string of the molecule is O=Cc1cccc(F)c1OCc1cc(Br)cs1. The average molecular weight is 315 g/mol. The topological polar surface area (TPSA) is 26.3 Å². The van der Waals surface area contributed by atoms with Gasteiger partial charge in [0.15, 0.2) is 17.9 Å². The van der Waals surface area contributed by atoms with Crippen molar-refractivity contribution in [3.63, 3.8) is 0 Å². The number of hydrogen-bond donors (Lipinski definition) is 0. The quantitative estimate of drug-likeness (QED) is 0.796. The van der Waals surface area contributed by atoms with Crippen LogP contribution in [0.5, 0.6) is 5.75 Å². The molecule has 2 nitrogen and oxygen atoms in total. The molecule has 0 unspecified atom stereocenters. The third-order valence-corrected chi connectivity index (χ3v) is 3.78. The normalized spacial score (nSPS) is 10.2. The van der Waals surface area contributed by atoms with Crippen LogP contribution in [-0.2, 0) is 6.61 Å². The lowest BCUT2D eigenvalue weighted by molar-refractivity contribution is 0.111. The van der Waals surface area contributed by atoms with Gasteiger partial charge in [-0.2, -0.15) is 0 Å². The van der Waals surface area contributed by atoms with E-state index in [-0.39, 0.29) is 17.9 Å². The fraction of sp³-hybridized carbons (Fsp3) is 0.0833. The number of hydrogen-bond acceptors (Lipinski definition) is 3. The molecule has 0 aliphatic carbocycles. The highest BCUT2D eigenvalue weighted by molar-refractivity contribution is 9.10. The molecule has 2 aromatic rings. The van der Waals surface area contributed by atoms with Gasteiger partial charge in [0.2, 0.25) is 0 Å². The number of aldehydes is 1. The summed E-state index contributed by atoms with van der Waals surface area (Å²) >= 11 is 4.83. The molecule has 17 heavy (non-hydrogen) atoms. The van der Waals surface area contributed by atoms with Crippen LogP contribution in [0.4, 0.5) is 4.39 Å². The van der Waals surface area contributed by atoms with Crippen molar-refractivity contribution in [2.75, 3.05) is 0 Å². The average Bonchev–Trinajstić information content (AvgIpc) is 2.73. The van der Waals surface area contributed by atoms with E-state index in [4.69, 9.17) is 4.74 Å². The Balaban J connectivity index is 2.16. The highest BCUT2D eigenvalue weighted by Crippen LogP contribution is 2.25. The van der Waals surface area contributed by atoms with Crippen LogP contribution < -0.4 is 4.74 Å². The molecule has 88 valence electrons. The van der Waals surface area contributed by atoms with Gasteiger partial charge in [-0.05, 0) is 34.1 Å². The van der Waals surface area contributed by atoms with E-state index in [9.17, 15) is 9.18 Å². The molecule has 0 amide bonds. The van der Waals surface area contributed by atoms with Crippen molar-refractivity contribution in [3.05, 3.63) is 50.4 Å². The van der Waals surface area contributed by atoms with E-state index in [0.29, 0.717) is 6.29 Å².